The molecule has 3 saturated heterocycles. The zero-order valence-electron chi connectivity index (χ0n) is 15.7. The minimum absolute atomic E-state index is 0.127. The molecule has 0 radical (unpaired) electrons. The number of halogens is 1. The van der Waals surface area contributed by atoms with Crippen LogP contribution in [0.25, 0.3) is 0 Å². The molecule has 0 aromatic heterocycles. The van der Waals surface area contributed by atoms with Crippen LogP contribution in [0.1, 0.15) is 35.2 Å². The highest BCUT2D eigenvalue weighted by atomic mass is 127. The number of carbonyl (C=O) groups excluding carboxylic acids is 3. The first-order valence-electron chi connectivity index (χ1n) is 9.83. The van der Waals surface area contributed by atoms with Gasteiger partial charge in [-0.05, 0) is 58.9 Å². The van der Waals surface area contributed by atoms with Gasteiger partial charge in [0.1, 0.15) is 6.04 Å². The molecule has 4 atom stereocenters. The molecule has 8 nitrogen and oxygen atoms in total. The number of piperidine rings is 1. The Kier molecular flexibility index (Phi) is 5.21. The second kappa shape index (κ2) is 7.71. The molecule has 4 aliphatic heterocycles. The summed E-state index contributed by atoms with van der Waals surface area (Å²) in [6.07, 6.45) is 2.00. The van der Waals surface area contributed by atoms with E-state index in [0.717, 1.165) is 27.9 Å². The second-order valence-electron chi connectivity index (χ2n) is 7.84. The summed E-state index contributed by atoms with van der Waals surface area (Å²) in [5.41, 5.74) is 2.59. The van der Waals surface area contributed by atoms with Gasteiger partial charge < -0.3 is 10.2 Å². The molecule has 4 heterocycles. The summed E-state index contributed by atoms with van der Waals surface area (Å²) in [6, 6.07) is 3.45. The van der Waals surface area contributed by atoms with Crippen LogP contribution < -0.4 is 21.3 Å². The third-order valence-corrected chi connectivity index (χ3v) is 8.28. The van der Waals surface area contributed by atoms with Crippen LogP contribution in [0.3, 0.4) is 0 Å². The lowest BCUT2D eigenvalue weighted by molar-refractivity contribution is -0.136. The number of amides is 3. The van der Waals surface area contributed by atoms with Crippen molar-refractivity contribution in [2.24, 2.45) is 5.92 Å². The Morgan fingerprint density at radius 1 is 1.17 bits per heavy atom. The molecule has 1 aromatic rings. The number of fused-ring (bicyclic) bond motifs is 2. The predicted molar refractivity (Wildman–Crippen MR) is 118 cm³/mol. The number of imide groups is 1. The second-order valence-corrected chi connectivity index (χ2v) is 10.3. The molecule has 10 heteroatoms. The molecular weight excluding hydrogens is 505 g/mol. The summed E-state index contributed by atoms with van der Waals surface area (Å²) < 4.78 is 0.883. The van der Waals surface area contributed by atoms with Crippen LogP contribution in [-0.2, 0) is 16.1 Å². The van der Waals surface area contributed by atoms with Gasteiger partial charge in [-0.1, -0.05) is 0 Å². The lowest BCUT2D eigenvalue weighted by atomic mass is 10.0. The molecule has 0 aliphatic carbocycles. The first-order chi connectivity index (χ1) is 14.0. The summed E-state index contributed by atoms with van der Waals surface area (Å²) in [6.45, 7) is 1.17. The Morgan fingerprint density at radius 3 is 2.86 bits per heavy atom. The Morgan fingerprint density at radius 2 is 2.03 bits per heavy atom. The van der Waals surface area contributed by atoms with E-state index in [9.17, 15) is 14.4 Å². The Bertz CT molecular complexity index is 897. The van der Waals surface area contributed by atoms with Crippen molar-refractivity contribution in [3.8, 4) is 0 Å². The van der Waals surface area contributed by atoms with Crippen molar-refractivity contribution in [3.05, 3.63) is 26.8 Å². The number of rotatable bonds is 3. The fourth-order valence-corrected chi connectivity index (χ4v) is 6.97. The van der Waals surface area contributed by atoms with E-state index in [2.05, 4.69) is 43.9 Å². The fraction of sp³-hybridized carbons (Fsp3) is 0.526. The maximum Gasteiger partial charge on any atom is 0.256 e. The lowest BCUT2D eigenvalue weighted by Gasteiger charge is -2.36. The number of nitrogens with one attached hydrogen (secondary N) is 4. The van der Waals surface area contributed by atoms with Crippen LogP contribution in [0, 0.1) is 9.49 Å². The molecule has 29 heavy (non-hydrogen) atoms. The third-order valence-electron chi connectivity index (χ3n) is 6.09. The van der Waals surface area contributed by atoms with Gasteiger partial charge in [0.05, 0.1) is 17.1 Å². The highest BCUT2D eigenvalue weighted by Gasteiger charge is 2.41. The number of hydrogen-bond donors (Lipinski definition) is 4. The van der Waals surface area contributed by atoms with Crippen molar-refractivity contribution in [3.63, 3.8) is 0 Å². The van der Waals surface area contributed by atoms with Gasteiger partial charge in [-0.2, -0.15) is 0 Å². The fourth-order valence-electron chi connectivity index (χ4n) is 4.66. The normalized spacial score (nSPS) is 31.5. The van der Waals surface area contributed by atoms with Gasteiger partial charge in [-0.25, -0.2) is 0 Å². The topological polar surface area (TPSA) is 103 Å². The monoisotopic (exact) mass is 527 g/mol. The Labute approximate surface area is 186 Å². The number of nitrogens with zero attached hydrogens (tertiary/aromatic N) is 1. The molecule has 4 aliphatic rings. The van der Waals surface area contributed by atoms with Crippen molar-refractivity contribution in [1.29, 1.82) is 0 Å². The van der Waals surface area contributed by atoms with Crippen LogP contribution in [0.2, 0.25) is 0 Å². The zero-order chi connectivity index (χ0) is 20.1. The molecule has 1 aromatic carbocycles. The van der Waals surface area contributed by atoms with Crippen molar-refractivity contribution in [1.82, 2.24) is 20.9 Å². The van der Waals surface area contributed by atoms with Crippen LogP contribution in [0.15, 0.2) is 12.1 Å². The summed E-state index contributed by atoms with van der Waals surface area (Å²) in [5, 5.41) is 13.5. The van der Waals surface area contributed by atoms with Gasteiger partial charge in [0.15, 0.2) is 0 Å². The zero-order valence-corrected chi connectivity index (χ0v) is 18.6. The summed E-state index contributed by atoms with van der Waals surface area (Å²) in [5.74, 6) is 0.909. The van der Waals surface area contributed by atoms with E-state index in [1.807, 2.05) is 23.9 Å². The van der Waals surface area contributed by atoms with E-state index in [4.69, 9.17) is 0 Å². The minimum Gasteiger partial charge on any atom is -0.369 e. The van der Waals surface area contributed by atoms with Gasteiger partial charge in [0, 0.05) is 34.8 Å². The van der Waals surface area contributed by atoms with Gasteiger partial charge >= 0.3 is 0 Å². The van der Waals surface area contributed by atoms with Crippen molar-refractivity contribution < 1.29 is 14.4 Å². The summed E-state index contributed by atoms with van der Waals surface area (Å²) >= 11 is 4.18. The highest BCUT2D eigenvalue weighted by molar-refractivity contribution is 14.1. The van der Waals surface area contributed by atoms with E-state index in [-0.39, 0.29) is 30.3 Å². The number of benzene rings is 1. The van der Waals surface area contributed by atoms with E-state index in [0.29, 0.717) is 29.8 Å². The third kappa shape index (κ3) is 3.53. The van der Waals surface area contributed by atoms with Crippen LogP contribution in [0.5, 0.6) is 0 Å². The van der Waals surface area contributed by atoms with Crippen molar-refractivity contribution in [2.45, 2.75) is 43.4 Å². The standard InChI is InChI=1S/C19H22IN5O3S/c20-12-6-10(23-16-11-3-4-29-18(11)22-8-21-16)5-9-7-25(19(28)15(9)12)13-1-2-14(26)24-17(13)27/h5-6,11,13,16,18,21-23H,1-4,7-8H2,(H,24,26,27). The minimum atomic E-state index is -0.581. The number of carbonyl (C=O) groups is 3. The van der Waals surface area contributed by atoms with E-state index >= 15 is 0 Å². The van der Waals surface area contributed by atoms with Gasteiger partial charge in [0.2, 0.25) is 11.8 Å². The van der Waals surface area contributed by atoms with Crippen molar-refractivity contribution in [2.75, 3.05) is 17.7 Å². The molecule has 154 valence electrons. The van der Waals surface area contributed by atoms with Gasteiger partial charge in [-0.3, -0.25) is 30.3 Å². The Balaban J connectivity index is 1.36. The predicted octanol–water partition coefficient (Wildman–Crippen LogP) is 1.02. The molecule has 5 rings (SSSR count). The summed E-state index contributed by atoms with van der Waals surface area (Å²) in [7, 11) is 0. The lowest BCUT2D eigenvalue weighted by Crippen LogP contribution is -2.57. The molecule has 0 saturated carbocycles. The smallest absolute Gasteiger partial charge is 0.256 e. The van der Waals surface area contributed by atoms with Crippen LogP contribution in [-0.4, -0.2) is 52.6 Å². The van der Waals surface area contributed by atoms with E-state index < -0.39 is 6.04 Å². The largest absolute Gasteiger partial charge is 0.369 e. The first-order valence-corrected chi connectivity index (χ1v) is 12.0. The van der Waals surface area contributed by atoms with Crippen LogP contribution in [0.4, 0.5) is 5.69 Å². The average molecular weight is 527 g/mol. The first kappa shape index (κ1) is 19.6. The molecule has 3 amide bonds. The highest BCUT2D eigenvalue weighted by Crippen LogP contribution is 2.36. The van der Waals surface area contributed by atoms with E-state index in [1.165, 1.54) is 5.75 Å². The summed E-state index contributed by atoms with van der Waals surface area (Å²) in [4.78, 5) is 38.3. The molecule has 4 N–H and O–H groups in total. The maximum absolute atomic E-state index is 13.0. The quantitative estimate of drug-likeness (QED) is 0.344. The molecule has 0 spiro atoms. The number of anilines is 1. The average Bonchev–Trinajstić information content (AvgIpc) is 3.27. The van der Waals surface area contributed by atoms with Crippen LogP contribution >= 0.6 is 34.4 Å². The molecule has 0 bridgehead atoms. The molecule has 4 unspecified atom stereocenters. The Hall–Kier alpha value is -1.37. The number of hydrogen-bond acceptors (Lipinski definition) is 7. The SMILES string of the molecule is O=C1CCC(N2Cc3cc(NC4NCNC5SCCC45)cc(I)c3C2=O)C(=O)N1. The van der Waals surface area contributed by atoms with E-state index in [1.54, 1.807) is 4.90 Å². The number of thioether (sulfide) groups is 1. The van der Waals surface area contributed by atoms with Gasteiger partial charge in [0.25, 0.3) is 5.91 Å². The van der Waals surface area contributed by atoms with Gasteiger partial charge in [-0.15, -0.1) is 11.8 Å². The maximum atomic E-state index is 13.0. The molecule has 3 fully saturated rings. The molecular formula is C19H22IN5O3S. The van der Waals surface area contributed by atoms with Crippen molar-refractivity contribution >= 4 is 57.8 Å².